The molecule has 24 heavy (non-hydrogen) atoms. The Labute approximate surface area is 142 Å². The van der Waals surface area contributed by atoms with Gasteiger partial charge in [-0.2, -0.15) is 0 Å². The molecular weight excluding hydrogens is 302 g/mol. The molecule has 5 heteroatoms. The molecule has 0 bridgehead atoms. The molecule has 0 fully saturated rings. The van der Waals surface area contributed by atoms with Crippen molar-refractivity contribution in [2.24, 2.45) is 0 Å². The Kier molecular flexibility index (Phi) is 5.68. The number of para-hydroxylation sites is 1. The van der Waals surface area contributed by atoms with Crippen molar-refractivity contribution in [3.8, 4) is 0 Å². The number of hydrogen-bond acceptors (Lipinski definition) is 3. The minimum absolute atomic E-state index is 0.00898. The Balaban J connectivity index is 2.21. The molecule has 0 aliphatic heterocycles. The maximum absolute atomic E-state index is 12.5. The summed E-state index contributed by atoms with van der Waals surface area (Å²) in [7, 11) is 0. The summed E-state index contributed by atoms with van der Waals surface area (Å²) in [4.78, 5) is 28.7. The first-order valence-corrected chi connectivity index (χ1v) is 8.06. The fraction of sp³-hybridized carbons (Fsp3) is 0.316. The van der Waals surface area contributed by atoms with Crippen LogP contribution in [0.5, 0.6) is 0 Å². The highest BCUT2D eigenvalue weighted by atomic mass is 16.2. The first-order chi connectivity index (χ1) is 11.4. The molecule has 0 aliphatic rings. The third-order valence-electron chi connectivity index (χ3n) is 3.47. The molecule has 1 aromatic heterocycles. The van der Waals surface area contributed by atoms with Crippen LogP contribution in [0, 0.1) is 0 Å². The molecule has 2 N–H and O–H groups in total. The summed E-state index contributed by atoms with van der Waals surface area (Å²) in [5, 5.41) is 5.65. The van der Waals surface area contributed by atoms with E-state index in [1.54, 1.807) is 18.2 Å². The summed E-state index contributed by atoms with van der Waals surface area (Å²) in [6.07, 6.45) is 0. The fourth-order valence-electron chi connectivity index (χ4n) is 2.32. The number of hydrogen-bond donors (Lipinski definition) is 2. The zero-order valence-electron chi connectivity index (χ0n) is 14.5. The number of amides is 2. The normalized spacial score (nSPS) is 10.8. The fourth-order valence-corrected chi connectivity index (χ4v) is 2.32. The molecule has 1 heterocycles. The van der Waals surface area contributed by atoms with Gasteiger partial charge in [0.05, 0.1) is 0 Å². The van der Waals surface area contributed by atoms with Crippen molar-refractivity contribution in [3.63, 3.8) is 0 Å². The maximum Gasteiger partial charge on any atom is 0.274 e. The van der Waals surface area contributed by atoms with E-state index < -0.39 is 0 Å². The molecule has 0 spiro atoms. The van der Waals surface area contributed by atoms with Crippen LogP contribution >= 0.6 is 0 Å². The summed E-state index contributed by atoms with van der Waals surface area (Å²) < 4.78 is 0. The van der Waals surface area contributed by atoms with Crippen molar-refractivity contribution in [1.29, 1.82) is 0 Å². The molecule has 0 atom stereocenters. The lowest BCUT2D eigenvalue weighted by Gasteiger charge is -2.13. The van der Waals surface area contributed by atoms with Gasteiger partial charge in [-0.1, -0.05) is 38.1 Å². The van der Waals surface area contributed by atoms with E-state index in [0.29, 0.717) is 0 Å². The number of aromatic nitrogens is 1. The third-order valence-corrected chi connectivity index (χ3v) is 3.47. The van der Waals surface area contributed by atoms with Gasteiger partial charge in [0.1, 0.15) is 11.4 Å². The quantitative estimate of drug-likeness (QED) is 0.882. The molecule has 0 saturated carbocycles. The molecule has 0 radical (unpaired) electrons. The smallest absolute Gasteiger partial charge is 0.274 e. The molecule has 0 saturated heterocycles. The number of nitrogens with zero attached hydrogens (tertiary/aromatic N) is 1. The molecule has 126 valence electrons. The van der Waals surface area contributed by atoms with E-state index in [1.807, 2.05) is 38.1 Å². The topological polar surface area (TPSA) is 71.1 Å². The van der Waals surface area contributed by atoms with Crippen LogP contribution in [-0.2, 0) is 0 Å². The van der Waals surface area contributed by atoms with Crippen LogP contribution in [0.1, 0.15) is 60.2 Å². The van der Waals surface area contributed by atoms with Gasteiger partial charge in [0.25, 0.3) is 11.8 Å². The molecule has 2 amide bonds. The summed E-state index contributed by atoms with van der Waals surface area (Å²) in [5.41, 5.74) is 2.26. The van der Waals surface area contributed by atoms with Crippen molar-refractivity contribution in [2.75, 3.05) is 5.32 Å². The second kappa shape index (κ2) is 7.73. The van der Waals surface area contributed by atoms with Crippen LogP contribution in [-0.4, -0.2) is 22.8 Å². The van der Waals surface area contributed by atoms with Crippen molar-refractivity contribution >= 4 is 17.5 Å². The molecule has 2 aromatic rings. The number of carbonyl (C=O) groups is 2. The van der Waals surface area contributed by atoms with E-state index >= 15 is 0 Å². The standard InChI is InChI=1S/C19H23N3O2/c1-12(2)14-8-5-6-9-15(14)22-19(24)17-11-7-10-16(21-17)18(23)20-13(3)4/h5-13H,1-4H3,(H,20,23)(H,22,24). The molecule has 1 aromatic carbocycles. The van der Waals surface area contributed by atoms with Crippen molar-refractivity contribution < 1.29 is 9.59 Å². The predicted molar refractivity (Wildman–Crippen MR) is 95.3 cm³/mol. The summed E-state index contributed by atoms with van der Waals surface area (Å²) in [6.45, 7) is 7.88. The van der Waals surface area contributed by atoms with Gasteiger partial charge in [-0.25, -0.2) is 4.98 Å². The molecule has 0 unspecified atom stereocenters. The average Bonchev–Trinajstić information content (AvgIpc) is 2.54. The number of nitrogens with one attached hydrogen (secondary N) is 2. The largest absolute Gasteiger partial charge is 0.349 e. The van der Waals surface area contributed by atoms with E-state index in [1.165, 1.54) is 0 Å². The molecule has 0 aliphatic carbocycles. The minimum atomic E-state index is -0.331. The molecule has 5 nitrogen and oxygen atoms in total. The number of rotatable bonds is 5. The number of pyridine rings is 1. The highest BCUT2D eigenvalue weighted by Crippen LogP contribution is 2.24. The van der Waals surface area contributed by atoms with Gasteiger partial charge in [-0.15, -0.1) is 0 Å². The number of benzene rings is 1. The Hall–Kier alpha value is -2.69. The summed E-state index contributed by atoms with van der Waals surface area (Å²) >= 11 is 0. The summed E-state index contributed by atoms with van der Waals surface area (Å²) in [6, 6.07) is 12.5. The maximum atomic E-state index is 12.5. The molecule has 2 rings (SSSR count). The monoisotopic (exact) mass is 325 g/mol. The van der Waals surface area contributed by atoms with E-state index in [9.17, 15) is 9.59 Å². The van der Waals surface area contributed by atoms with Gasteiger partial charge in [0.2, 0.25) is 0 Å². The van der Waals surface area contributed by atoms with Crippen LogP contribution in [0.15, 0.2) is 42.5 Å². The van der Waals surface area contributed by atoms with E-state index in [2.05, 4.69) is 29.5 Å². The van der Waals surface area contributed by atoms with Gasteiger partial charge in [-0.3, -0.25) is 9.59 Å². The number of anilines is 1. The average molecular weight is 325 g/mol. The van der Waals surface area contributed by atoms with Crippen LogP contribution in [0.25, 0.3) is 0 Å². The first-order valence-electron chi connectivity index (χ1n) is 8.06. The van der Waals surface area contributed by atoms with Gasteiger partial charge in [0, 0.05) is 11.7 Å². The predicted octanol–water partition coefficient (Wildman–Crippen LogP) is 3.60. The van der Waals surface area contributed by atoms with Crippen LogP contribution in [0.2, 0.25) is 0 Å². The second-order valence-corrected chi connectivity index (χ2v) is 6.23. The zero-order chi connectivity index (χ0) is 17.7. The van der Waals surface area contributed by atoms with Crippen molar-refractivity contribution in [1.82, 2.24) is 10.3 Å². The van der Waals surface area contributed by atoms with Gasteiger partial charge in [-0.05, 0) is 43.5 Å². The van der Waals surface area contributed by atoms with E-state index in [0.717, 1.165) is 11.3 Å². The lowest BCUT2D eigenvalue weighted by atomic mass is 10.0. The zero-order valence-corrected chi connectivity index (χ0v) is 14.5. The van der Waals surface area contributed by atoms with Crippen LogP contribution < -0.4 is 10.6 Å². The highest BCUT2D eigenvalue weighted by Gasteiger charge is 2.15. The SMILES string of the molecule is CC(C)NC(=O)c1cccc(C(=O)Nc2ccccc2C(C)C)n1. The Bertz CT molecular complexity index is 739. The van der Waals surface area contributed by atoms with Crippen LogP contribution in [0.3, 0.4) is 0 Å². The van der Waals surface area contributed by atoms with Gasteiger partial charge in [0.15, 0.2) is 0 Å². The first kappa shape index (κ1) is 17.7. The third kappa shape index (κ3) is 4.41. The highest BCUT2D eigenvalue weighted by molar-refractivity contribution is 6.04. The van der Waals surface area contributed by atoms with Crippen molar-refractivity contribution in [3.05, 3.63) is 59.4 Å². The van der Waals surface area contributed by atoms with E-state index in [4.69, 9.17) is 0 Å². The lowest BCUT2D eigenvalue weighted by Crippen LogP contribution is -2.31. The van der Waals surface area contributed by atoms with Gasteiger partial charge < -0.3 is 10.6 Å². The Morgan fingerprint density at radius 3 is 2.12 bits per heavy atom. The number of carbonyl (C=O) groups excluding carboxylic acids is 2. The summed E-state index contributed by atoms with van der Waals surface area (Å²) in [5.74, 6) is -0.331. The lowest BCUT2D eigenvalue weighted by molar-refractivity contribution is 0.0938. The Morgan fingerprint density at radius 2 is 1.50 bits per heavy atom. The van der Waals surface area contributed by atoms with E-state index in [-0.39, 0.29) is 35.2 Å². The van der Waals surface area contributed by atoms with Crippen molar-refractivity contribution in [2.45, 2.75) is 39.7 Å². The van der Waals surface area contributed by atoms with Crippen LogP contribution in [0.4, 0.5) is 5.69 Å². The minimum Gasteiger partial charge on any atom is -0.349 e. The van der Waals surface area contributed by atoms with Gasteiger partial charge >= 0.3 is 0 Å². The second-order valence-electron chi connectivity index (χ2n) is 6.23. The Morgan fingerprint density at radius 1 is 0.875 bits per heavy atom. The molecular formula is C19H23N3O2.